The molecule has 1 aromatic heterocycles. The fraction of sp³-hybridized carbons (Fsp3) is 0.278. The van der Waals surface area contributed by atoms with E-state index in [-0.39, 0.29) is 23.0 Å². The number of fused-ring (bicyclic) bond motifs is 13. The summed E-state index contributed by atoms with van der Waals surface area (Å²) in [6.45, 7) is 17.1. The minimum atomic E-state index is -0.458. The molecule has 0 saturated heterocycles. The first kappa shape index (κ1) is 32.7. The van der Waals surface area contributed by atoms with Gasteiger partial charge in [0.15, 0.2) is 0 Å². The minimum Gasteiger partial charge on any atom is -0.233 e. The fourth-order valence-electron chi connectivity index (χ4n) is 13.5. The van der Waals surface area contributed by atoms with Crippen LogP contribution in [0.25, 0.3) is 50.0 Å². The molecule has 1 fully saturated rings. The summed E-state index contributed by atoms with van der Waals surface area (Å²) in [6, 6.07) is 42.5. The molecule has 3 heterocycles. The first-order valence-electron chi connectivity index (χ1n) is 21.4. The third-order valence-corrected chi connectivity index (χ3v) is 16.0. The van der Waals surface area contributed by atoms with Crippen molar-refractivity contribution in [1.29, 1.82) is 0 Å². The Morgan fingerprint density at radius 3 is 1.84 bits per heavy atom. The van der Waals surface area contributed by atoms with Crippen LogP contribution < -0.4 is 16.4 Å². The van der Waals surface area contributed by atoms with Crippen molar-refractivity contribution in [3.8, 4) is 27.9 Å². The lowest BCUT2D eigenvalue weighted by Gasteiger charge is -2.52. The summed E-state index contributed by atoms with van der Waals surface area (Å²) in [5.74, 6) is 0. The molecular weight excluding hydrogens is 687 g/mol. The zero-order valence-electron chi connectivity index (χ0n) is 34.2. The zero-order chi connectivity index (χ0) is 38.5. The topological polar surface area (TPSA) is 17.8 Å². The number of hydrogen-bond acceptors (Lipinski definition) is 1. The minimum absolute atomic E-state index is 0.0439. The quantitative estimate of drug-likeness (QED) is 0.154. The molecule has 7 aromatic rings. The van der Waals surface area contributed by atoms with Crippen LogP contribution in [0.1, 0.15) is 111 Å². The summed E-state index contributed by atoms with van der Waals surface area (Å²) in [7, 11) is 0. The van der Waals surface area contributed by atoms with E-state index < -0.39 is 5.41 Å². The van der Waals surface area contributed by atoms with Crippen molar-refractivity contribution < 1.29 is 0 Å². The second-order valence-electron chi connectivity index (χ2n) is 20.0. The average molecular weight is 735 g/mol. The van der Waals surface area contributed by atoms with Gasteiger partial charge < -0.3 is 0 Å². The summed E-state index contributed by atoms with van der Waals surface area (Å²) >= 11 is 0. The first-order chi connectivity index (χ1) is 27.5. The Morgan fingerprint density at radius 2 is 1.19 bits per heavy atom. The molecule has 2 bridgehead atoms. The largest absolute Gasteiger partial charge is 0.247 e. The molecule has 2 aliphatic heterocycles. The number of benzene rings is 6. The van der Waals surface area contributed by atoms with Gasteiger partial charge in [-0.2, -0.15) is 5.10 Å². The molecule has 0 amide bonds. The third-order valence-electron chi connectivity index (χ3n) is 16.0. The van der Waals surface area contributed by atoms with E-state index in [1.807, 2.05) is 0 Å². The maximum atomic E-state index is 6.03. The van der Waals surface area contributed by atoms with Gasteiger partial charge in [0.1, 0.15) is 0 Å². The zero-order valence-corrected chi connectivity index (χ0v) is 34.2. The maximum absolute atomic E-state index is 6.03. The molecule has 0 N–H and O–H groups in total. The van der Waals surface area contributed by atoms with Gasteiger partial charge in [-0.1, -0.05) is 149 Å². The van der Waals surface area contributed by atoms with Gasteiger partial charge in [0.05, 0.1) is 22.3 Å². The van der Waals surface area contributed by atoms with E-state index in [4.69, 9.17) is 5.10 Å². The standard InChI is InChI=1S/C54H47BN2/c1-30-15-14-16-31(2)42(30)34-23-24-38-47-49(34)57-50-41(29-39(51(3,4)5)43-44(50)48(56-57)46-45(43)52(6)25-27-53(46,7)28-26-52)55(47)40-22-13-12-21-37(40)54(38)35-19-10-8-17-32(35)33-18-9-11-20-36(33)54/h8-24,29H,25-28H2,1-7H3. The molecule has 5 aliphatic carbocycles. The summed E-state index contributed by atoms with van der Waals surface area (Å²) < 4.78 is 2.48. The van der Waals surface area contributed by atoms with Crippen molar-refractivity contribution >= 4 is 45.2 Å². The highest BCUT2D eigenvalue weighted by Gasteiger charge is 2.58. The van der Waals surface area contributed by atoms with Crippen LogP contribution in [0.4, 0.5) is 0 Å². The van der Waals surface area contributed by atoms with Gasteiger partial charge in [-0.15, -0.1) is 0 Å². The summed E-state index contributed by atoms with van der Waals surface area (Å²) in [4.78, 5) is 0. The highest BCUT2D eigenvalue weighted by Crippen LogP contribution is 2.69. The van der Waals surface area contributed by atoms with E-state index in [0.29, 0.717) is 0 Å². The van der Waals surface area contributed by atoms with E-state index in [9.17, 15) is 0 Å². The van der Waals surface area contributed by atoms with Crippen molar-refractivity contribution in [2.45, 2.75) is 85.0 Å². The van der Waals surface area contributed by atoms with Crippen LogP contribution in [0.5, 0.6) is 0 Å². The number of hydrogen-bond donors (Lipinski definition) is 0. The van der Waals surface area contributed by atoms with E-state index >= 15 is 0 Å². The van der Waals surface area contributed by atoms with Crippen LogP contribution in [0.15, 0.2) is 109 Å². The van der Waals surface area contributed by atoms with Gasteiger partial charge >= 0.3 is 0 Å². The van der Waals surface area contributed by atoms with Crippen molar-refractivity contribution in [2.75, 3.05) is 0 Å². The molecule has 1 spiro atoms. The maximum Gasteiger partial charge on any atom is 0.247 e. The lowest BCUT2D eigenvalue weighted by atomic mass is 9.29. The summed E-state index contributed by atoms with van der Waals surface area (Å²) in [5.41, 5.74) is 27.8. The van der Waals surface area contributed by atoms with Crippen molar-refractivity contribution in [2.24, 2.45) is 10.8 Å². The monoisotopic (exact) mass is 734 g/mol. The normalized spacial score (nSPS) is 22.2. The molecule has 7 aliphatic rings. The van der Waals surface area contributed by atoms with E-state index in [1.54, 1.807) is 11.1 Å². The van der Waals surface area contributed by atoms with Gasteiger partial charge in [0.25, 0.3) is 0 Å². The Labute approximate surface area is 336 Å². The second kappa shape index (κ2) is 10.2. The lowest BCUT2D eigenvalue weighted by Crippen LogP contribution is -2.64. The van der Waals surface area contributed by atoms with Gasteiger partial charge in [-0.05, 0) is 139 Å². The third kappa shape index (κ3) is 3.58. The van der Waals surface area contributed by atoms with E-state index in [1.165, 1.54) is 131 Å². The van der Waals surface area contributed by atoms with Gasteiger partial charge in [0.2, 0.25) is 6.71 Å². The number of rotatable bonds is 1. The Kier molecular flexibility index (Phi) is 5.83. The Balaban J connectivity index is 1.26. The predicted octanol–water partition coefficient (Wildman–Crippen LogP) is 10.9. The smallest absolute Gasteiger partial charge is 0.233 e. The molecule has 0 radical (unpaired) electrons. The van der Waals surface area contributed by atoms with Crippen LogP contribution in [-0.2, 0) is 10.8 Å². The summed E-state index contributed by atoms with van der Waals surface area (Å²) in [6.07, 6.45) is 5.02. The van der Waals surface area contributed by atoms with Crippen LogP contribution in [0.3, 0.4) is 0 Å². The molecular formula is C54H47BN2. The highest BCUT2D eigenvalue weighted by molar-refractivity contribution is 6.99. The Hall–Kier alpha value is -5.41. The number of aromatic nitrogens is 2. The highest BCUT2D eigenvalue weighted by atomic mass is 15.3. The van der Waals surface area contributed by atoms with Crippen LogP contribution in [-0.4, -0.2) is 16.5 Å². The number of allylic oxidation sites excluding steroid dienone is 2. The van der Waals surface area contributed by atoms with Crippen molar-refractivity contribution in [3.05, 3.63) is 159 Å². The first-order valence-corrected chi connectivity index (χ1v) is 21.4. The lowest BCUT2D eigenvalue weighted by molar-refractivity contribution is 0.176. The number of nitrogens with zero attached hydrogens (tertiary/aromatic N) is 2. The predicted molar refractivity (Wildman–Crippen MR) is 238 cm³/mol. The Bertz CT molecular complexity index is 3000. The SMILES string of the molecule is Cc1cccc(C)c1-c1ccc2c3c1-n1nc4c5c(c(C(C)(C)C)cc(c51)B3c1ccccc1C21c2ccccc2-c2ccccc21)C1=C4C2(C)CCC1(C)CC2. The molecule has 1 saturated carbocycles. The van der Waals surface area contributed by atoms with Gasteiger partial charge in [0, 0.05) is 10.9 Å². The van der Waals surface area contributed by atoms with Crippen LogP contribution in [0.2, 0.25) is 0 Å². The molecule has 2 nitrogen and oxygen atoms in total. The Morgan fingerprint density at radius 1 is 0.596 bits per heavy atom. The molecule has 57 heavy (non-hydrogen) atoms. The van der Waals surface area contributed by atoms with Gasteiger partial charge in [-0.3, -0.25) is 0 Å². The molecule has 276 valence electrons. The van der Waals surface area contributed by atoms with Crippen LogP contribution >= 0.6 is 0 Å². The van der Waals surface area contributed by atoms with Crippen molar-refractivity contribution in [1.82, 2.24) is 9.78 Å². The molecule has 6 aromatic carbocycles. The molecule has 0 atom stereocenters. The second-order valence-corrected chi connectivity index (χ2v) is 20.0. The fourth-order valence-corrected chi connectivity index (χ4v) is 13.5. The number of aryl methyl sites for hydroxylation is 2. The molecule has 14 rings (SSSR count). The molecule has 3 heteroatoms. The van der Waals surface area contributed by atoms with E-state index in [0.717, 1.165) is 0 Å². The van der Waals surface area contributed by atoms with E-state index in [2.05, 4.69) is 162 Å². The van der Waals surface area contributed by atoms with Gasteiger partial charge in [-0.25, -0.2) is 4.68 Å². The summed E-state index contributed by atoms with van der Waals surface area (Å²) in [5, 5.41) is 7.46. The molecule has 0 unspecified atom stereocenters. The average Bonchev–Trinajstić information content (AvgIpc) is 3.86. The van der Waals surface area contributed by atoms with Crippen LogP contribution in [0, 0.1) is 24.7 Å². The van der Waals surface area contributed by atoms with Crippen molar-refractivity contribution in [3.63, 3.8) is 0 Å².